The summed E-state index contributed by atoms with van der Waals surface area (Å²) in [6.45, 7) is 0.525. The summed E-state index contributed by atoms with van der Waals surface area (Å²) in [5, 5.41) is 42.5. The number of benzene rings is 2. The number of carboxylic acids is 1. The highest BCUT2D eigenvalue weighted by molar-refractivity contribution is 7.92. The predicted octanol–water partition coefficient (Wildman–Crippen LogP) is -0.254. The van der Waals surface area contributed by atoms with Crippen molar-refractivity contribution in [2.45, 2.75) is 37.6 Å². The Morgan fingerprint density at radius 3 is 2.40 bits per heavy atom. The van der Waals surface area contributed by atoms with E-state index in [0.29, 0.717) is 0 Å². The second kappa shape index (κ2) is 10.6. The fourth-order valence-electron chi connectivity index (χ4n) is 3.75. The van der Waals surface area contributed by atoms with Crippen molar-refractivity contribution < 1.29 is 47.9 Å². The van der Waals surface area contributed by atoms with E-state index in [2.05, 4.69) is 10.0 Å². The number of aliphatic hydroxyl groups is 3. The predicted molar refractivity (Wildman–Crippen MR) is 123 cm³/mol. The quantitative estimate of drug-likeness (QED) is 0.276. The average Bonchev–Trinajstić information content (AvgIpc) is 2.77. The van der Waals surface area contributed by atoms with Crippen LogP contribution in [-0.2, 0) is 19.6 Å². The number of aliphatic hydroxyl groups excluding tert-OH is 3. The number of hydrogen-bond acceptors (Lipinski definition) is 9. The number of rotatable bonds is 8. The molecule has 1 amide bonds. The van der Waals surface area contributed by atoms with E-state index in [1.165, 1.54) is 43.3 Å². The first-order chi connectivity index (χ1) is 16.4. The van der Waals surface area contributed by atoms with Gasteiger partial charge in [-0.3, -0.25) is 9.52 Å². The maximum Gasteiger partial charge on any atom is 0.336 e. The SMILES string of the molecule is CC(=O)NC1C(Oc2cccc(C(=O)O)c2-c2cccc(NS(C)(=O)=O)c2)OC(CO)C(O)C1O. The molecule has 3 rings (SSSR count). The molecule has 5 atom stereocenters. The van der Waals surface area contributed by atoms with E-state index in [4.69, 9.17) is 9.47 Å². The minimum atomic E-state index is -3.61. The molecule has 13 heteroatoms. The molecule has 2 aromatic rings. The minimum absolute atomic E-state index is 0.0259. The summed E-state index contributed by atoms with van der Waals surface area (Å²) in [6.07, 6.45) is -4.79. The number of hydrogen-bond donors (Lipinski definition) is 6. The molecule has 5 unspecified atom stereocenters. The molecule has 0 aliphatic carbocycles. The van der Waals surface area contributed by atoms with Gasteiger partial charge in [-0.2, -0.15) is 0 Å². The lowest BCUT2D eigenvalue weighted by atomic mass is 9.96. The van der Waals surface area contributed by atoms with Crippen LogP contribution >= 0.6 is 0 Å². The first kappa shape index (κ1) is 26.4. The molecule has 0 bridgehead atoms. The molecule has 1 fully saturated rings. The summed E-state index contributed by atoms with van der Waals surface area (Å²) in [5.41, 5.74) is 0.367. The number of sulfonamides is 1. The molecule has 0 saturated carbocycles. The Morgan fingerprint density at radius 1 is 1.11 bits per heavy atom. The normalized spacial score (nSPS) is 24.4. The summed E-state index contributed by atoms with van der Waals surface area (Å²) >= 11 is 0. The summed E-state index contributed by atoms with van der Waals surface area (Å²) in [5.74, 6) is -1.87. The fourth-order valence-corrected chi connectivity index (χ4v) is 4.31. The highest BCUT2D eigenvalue weighted by Crippen LogP contribution is 2.37. The van der Waals surface area contributed by atoms with Crippen LogP contribution in [-0.4, -0.2) is 84.2 Å². The topological polar surface area (TPSA) is 192 Å². The van der Waals surface area contributed by atoms with E-state index < -0.39 is 59.2 Å². The van der Waals surface area contributed by atoms with Crippen molar-refractivity contribution in [2.75, 3.05) is 17.6 Å². The molecule has 1 saturated heterocycles. The molecule has 2 aromatic carbocycles. The molecule has 1 aliphatic heterocycles. The number of carbonyl (C=O) groups is 2. The van der Waals surface area contributed by atoms with Crippen molar-refractivity contribution in [3.05, 3.63) is 48.0 Å². The standard InChI is InChI=1S/C22H26N2O10S/c1-11(26)23-18-20(28)19(27)16(10-25)34-22(18)33-15-8-4-7-14(21(29)30)17(15)12-5-3-6-13(9-12)24-35(2,31)32/h3-9,16,18-20,22,24-25,27-28H,10H2,1-2H3,(H,23,26)(H,29,30). The summed E-state index contributed by atoms with van der Waals surface area (Å²) < 4.78 is 37.1. The molecule has 35 heavy (non-hydrogen) atoms. The third kappa shape index (κ3) is 6.26. The van der Waals surface area contributed by atoms with E-state index in [-0.39, 0.29) is 28.1 Å². The van der Waals surface area contributed by atoms with Crippen molar-refractivity contribution in [2.24, 2.45) is 0 Å². The number of aromatic carboxylic acids is 1. The highest BCUT2D eigenvalue weighted by atomic mass is 32.2. The van der Waals surface area contributed by atoms with Crippen LogP contribution in [0.2, 0.25) is 0 Å². The van der Waals surface area contributed by atoms with Crippen LogP contribution in [0.15, 0.2) is 42.5 Å². The third-order valence-electron chi connectivity index (χ3n) is 5.21. The van der Waals surface area contributed by atoms with Crippen LogP contribution in [0, 0.1) is 0 Å². The lowest BCUT2D eigenvalue weighted by Gasteiger charge is -2.42. The Labute approximate surface area is 201 Å². The van der Waals surface area contributed by atoms with Gasteiger partial charge in [-0.05, 0) is 29.8 Å². The van der Waals surface area contributed by atoms with Crippen molar-refractivity contribution in [1.29, 1.82) is 0 Å². The average molecular weight is 511 g/mol. The van der Waals surface area contributed by atoms with Crippen molar-refractivity contribution >= 4 is 27.6 Å². The number of amides is 1. The lowest BCUT2D eigenvalue weighted by molar-refractivity contribution is -0.244. The molecule has 1 aliphatic rings. The third-order valence-corrected chi connectivity index (χ3v) is 5.81. The van der Waals surface area contributed by atoms with Gasteiger partial charge in [-0.1, -0.05) is 18.2 Å². The van der Waals surface area contributed by atoms with Crippen molar-refractivity contribution in [1.82, 2.24) is 5.32 Å². The highest BCUT2D eigenvalue weighted by Gasteiger charge is 2.46. The number of carboxylic acid groups (broad SMARTS) is 1. The summed E-state index contributed by atoms with van der Waals surface area (Å²) in [6, 6.07) is 8.86. The van der Waals surface area contributed by atoms with Gasteiger partial charge in [0, 0.05) is 18.2 Å². The largest absolute Gasteiger partial charge is 0.478 e. The van der Waals surface area contributed by atoms with Gasteiger partial charge < -0.3 is 35.2 Å². The molecule has 0 radical (unpaired) electrons. The van der Waals surface area contributed by atoms with E-state index >= 15 is 0 Å². The number of carbonyl (C=O) groups excluding carboxylic acids is 1. The van der Waals surface area contributed by atoms with Gasteiger partial charge >= 0.3 is 5.97 Å². The van der Waals surface area contributed by atoms with Gasteiger partial charge in [0.05, 0.1) is 18.4 Å². The molecule has 0 spiro atoms. The minimum Gasteiger partial charge on any atom is -0.478 e. The van der Waals surface area contributed by atoms with Crippen LogP contribution in [0.3, 0.4) is 0 Å². The Balaban J connectivity index is 2.09. The summed E-state index contributed by atoms with van der Waals surface area (Å²) in [7, 11) is -3.61. The van der Waals surface area contributed by atoms with Crippen molar-refractivity contribution in [3.8, 4) is 16.9 Å². The molecule has 12 nitrogen and oxygen atoms in total. The van der Waals surface area contributed by atoms with E-state index in [9.17, 15) is 38.4 Å². The lowest BCUT2D eigenvalue weighted by Crippen LogP contribution is -2.65. The van der Waals surface area contributed by atoms with Gasteiger partial charge in [0.15, 0.2) is 0 Å². The Bertz CT molecular complexity index is 1200. The maximum atomic E-state index is 12.0. The molecule has 1 heterocycles. The molecular formula is C22H26N2O10S. The van der Waals surface area contributed by atoms with E-state index in [1.807, 2.05) is 0 Å². The van der Waals surface area contributed by atoms with Gasteiger partial charge in [-0.25, -0.2) is 13.2 Å². The van der Waals surface area contributed by atoms with Gasteiger partial charge in [-0.15, -0.1) is 0 Å². The second-order valence-corrected chi connectivity index (χ2v) is 9.74. The number of ether oxygens (including phenoxy) is 2. The van der Waals surface area contributed by atoms with E-state index in [1.54, 1.807) is 6.07 Å². The second-order valence-electron chi connectivity index (χ2n) is 7.99. The molecule has 190 valence electrons. The van der Waals surface area contributed by atoms with Crippen LogP contribution in [0.25, 0.3) is 11.1 Å². The zero-order valence-corrected chi connectivity index (χ0v) is 19.6. The monoisotopic (exact) mass is 510 g/mol. The van der Waals surface area contributed by atoms with Crippen LogP contribution in [0.1, 0.15) is 17.3 Å². The smallest absolute Gasteiger partial charge is 0.336 e. The van der Waals surface area contributed by atoms with Crippen LogP contribution < -0.4 is 14.8 Å². The molecule has 6 N–H and O–H groups in total. The number of anilines is 1. The van der Waals surface area contributed by atoms with Gasteiger partial charge in [0.25, 0.3) is 0 Å². The summed E-state index contributed by atoms with van der Waals surface area (Å²) in [4.78, 5) is 23.7. The fraction of sp³-hybridized carbons (Fsp3) is 0.364. The number of nitrogens with one attached hydrogen (secondary N) is 2. The Hall–Kier alpha value is -3.23. The van der Waals surface area contributed by atoms with Crippen molar-refractivity contribution in [3.63, 3.8) is 0 Å². The van der Waals surface area contributed by atoms with Crippen LogP contribution in [0.4, 0.5) is 5.69 Å². The Morgan fingerprint density at radius 2 is 1.80 bits per heavy atom. The molecule has 0 aromatic heterocycles. The first-order valence-electron chi connectivity index (χ1n) is 10.4. The Kier molecular flexibility index (Phi) is 7.97. The van der Waals surface area contributed by atoms with E-state index in [0.717, 1.165) is 6.26 Å². The zero-order valence-electron chi connectivity index (χ0n) is 18.8. The zero-order chi connectivity index (χ0) is 25.9. The maximum absolute atomic E-state index is 12.0. The van der Waals surface area contributed by atoms with Gasteiger partial charge in [0.1, 0.15) is 30.1 Å². The van der Waals surface area contributed by atoms with Gasteiger partial charge in [0.2, 0.25) is 22.2 Å². The van der Waals surface area contributed by atoms with Crippen LogP contribution in [0.5, 0.6) is 5.75 Å². The first-order valence-corrected chi connectivity index (χ1v) is 12.3. The molecular weight excluding hydrogens is 484 g/mol.